The predicted octanol–water partition coefficient (Wildman–Crippen LogP) is 2.33. The summed E-state index contributed by atoms with van der Waals surface area (Å²) in [4.78, 5) is 28.9. The lowest BCUT2D eigenvalue weighted by atomic mass is 9.91. The van der Waals surface area contributed by atoms with Gasteiger partial charge in [0.1, 0.15) is 5.76 Å². The number of aryl methyl sites for hydroxylation is 3. The van der Waals surface area contributed by atoms with E-state index in [2.05, 4.69) is 15.5 Å². The molecule has 32 heavy (non-hydrogen) atoms. The molecule has 0 aliphatic heterocycles. The number of rotatable bonds is 9. The number of ether oxygens (including phenoxy) is 1. The highest BCUT2D eigenvalue weighted by atomic mass is 16.5. The Morgan fingerprint density at radius 3 is 2.72 bits per heavy atom. The van der Waals surface area contributed by atoms with Crippen LogP contribution in [-0.2, 0) is 11.2 Å². The third-order valence-corrected chi connectivity index (χ3v) is 4.84. The number of carbonyl (C=O) groups excluding carboxylic acids is 1. The van der Waals surface area contributed by atoms with Gasteiger partial charge in [0.2, 0.25) is 23.0 Å². The van der Waals surface area contributed by atoms with Crippen LogP contribution in [0.3, 0.4) is 0 Å². The van der Waals surface area contributed by atoms with Crippen LogP contribution in [0.25, 0.3) is 0 Å². The van der Waals surface area contributed by atoms with Gasteiger partial charge >= 0.3 is 0 Å². The Hall–Kier alpha value is -3.82. The van der Waals surface area contributed by atoms with E-state index in [1.165, 1.54) is 25.3 Å². The van der Waals surface area contributed by atoms with Gasteiger partial charge in [-0.1, -0.05) is 11.2 Å². The molecule has 170 valence electrons. The van der Waals surface area contributed by atoms with Crippen molar-refractivity contribution in [2.24, 2.45) is 0 Å². The molecule has 0 radical (unpaired) electrons. The maximum Gasteiger partial charge on any atom is 0.227 e. The van der Waals surface area contributed by atoms with Gasteiger partial charge in [0.05, 0.1) is 13.0 Å². The summed E-state index contributed by atoms with van der Waals surface area (Å²) in [6, 6.07) is 5.70. The molecule has 0 bridgehead atoms. The van der Waals surface area contributed by atoms with Crippen LogP contribution in [0.5, 0.6) is 17.2 Å². The fourth-order valence-corrected chi connectivity index (χ4v) is 3.30. The summed E-state index contributed by atoms with van der Waals surface area (Å²) in [5, 5.41) is 26.8. The molecule has 0 aliphatic carbocycles. The average molecular weight is 443 g/mol. The molecule has 1 unspecified atom stereocenters. The van der Waals surface area contributed by atoms with Crippen LogP contribution >= 0.6 is 0 Å². The Labute approximate surface area is 183 Å². The fraction of sp³-hybridized carbons (Fsp3) is 0.364. The monoisotopic (exact) mass is 443 g/mol. The Bertz CT molecular complexity index is 1150. The van der Waals surface area contributed by atoms with Gasteiger partial charge in [-0.05, 0) is 38.0 Å². The lowest BCUT2D eigenvalue weighted by molar-refractivity contribution is -0.121. The molecule has 0 saturated carbocycles. The number of methoxy groups -OCH3 is 1. The first-order valence-electron chi connectivity index (χ1n) is 10.0. The topological polar surface area (TPSA) is 148 Å². The van der Waals surface area contributed by atoms with Gasteiger partial charge < -0.3 is 29.2 Å². The summed E-state index contributed by atoms with van der Waals surface area (Å²) in [6.45, 7) is 3.68. The molecule has 1 amide bonds. The van der Waals surface area contributed by atoms with Gasteiger partial charge in [0.25, 0.3) is 0 Å². The molecule has 2 heterocycles. The van der Waals surface area contributed by atoms with Crippen molar-refractivity contribution >= 4 is 5.91 Å². The molecule has 0 fully saturated rings. The van der Waals surface area contributed by atoms with E-state index in [1.54, 1.807) is 19.9 Å². The number of amides is 1. The number of phenolic OH excluding ortho intramolecular Hbond substituents is 1. The van der Waals surface area contributed by atoms with Crippen molar-refractivity contribution in [3.05, 3.63) is 63.3 Å². The molecule has 1 aromatic carbocycles. The van der Waals surface area contributed by atoms with Gasteiger partial charge in [-0.25, -0.2) is 0 Å². The SMILES string of the molecule is COc1cc(C(CC(=O)NCCCc2nc(C)no2)c2oc(C)cc(=O)c2O)ccc1O. The first-order valence-corrected chi connectivity index (χ1v) is 10.0. The number of carbonyl (C=O) groups is 1. The van der Waals surface area contributed by atoms with E-state index in [0.29, 0.717) is 42.4 Å². The van der Waals surface area contributed by atoms with E-state index in [-0.39, 0.29) is 29.6 Å². The van der Waals surface area contributed by atoms with E-state index < -0.39 is 17.1 Å². The van der Waals surface area contributed by atoms with Crippen molar-refractivity contribution in [3.8, 4) is 17.2 Å². The molecule has 0 aliphatic rings. The normalized spacial score (nSPS) is 11.8. The third kappa shape index (κ3) is 5.45. The molecule has 3 rings (SSSR count). The molecular formula is C22H25N3O7. The van der Waals surface area contributed by atoms with E-state index in [0.717, 1.165) is 0 Å². The van der Waals surface area contributed by atoms with Gasteiger partial charge in [-0.2, -0.15) is 4.98 Å². The zero-order valence-corrected chi connectivity index (χ0v) is 18.0. The lowest BCUT2D eigenvalue weighted by Crippen LogP contribution is -2.27. The quantitative estimate of drug-likeness (QED) is 0.424. The molecular weight excluding hydrogens is 418 g/mol. The highest BCUT2D eigenvalue weighted by Crippen LogP contribution is 2.37. The van der Waals surface area contributed by atoms with Crippen LogP contribution in [0.4, 0.5) is 0 Å². The van der Waals surface area contributed by atoms with Gasteiger partial charge in [0, 0.05) is 25.5 Å². The van der Waals surface area contributed by atoms with Crippen molar-refractivity contribution in [1.29, 1.82) is 0 Å². The van der Waals surface area contributed by atoms with Crippen LogP contribution in [0.2, 0.25) is 0 Å². The minimum absolute atomic E-state index is 0.0285. The summed E-state index contributed by atoms with van der Waals surface area (Å²) >= 11 is 0. The van der Waals surface area contributed by atoms with Gasteiger partial charge in [-0.15, -0.1) is 0 Å². The number of hydrogen-bond acceptors (Lipinski definition) is 9. The zero-order chi connectivity index (χ0) is 23.3. The maximum absolute atomic E-state index is 12.7. The highest BCUT2D eigenvalue weighted by molar-refractivity contribution is 5.77. The second kappa shape index (κ2) is 9.99. The Morgan fingerprint density at radius 2 is 2.03 bits per heavy atom. The molecule has 10 heteroatoms. The van der Waals surface area contributed by atoms with Crippen molar-refractivity contribution in [2.75, 3.05) is 13.7 Å². The summed E-state index contributed by atoms with van der Waals surface area (Å²) < 4.78 is 15.8. The largest absolute Gasteiger partial charge is 0.504 e. The molecule has 0 spiro atoms. The Balaban J connectivity index is 1.78. The maximum atomic E-state index is 12.7. The minimum atomic E-state index is -0.782. The van der Waals surface area contributed by atoms with Gasteiger partial charge in [0.15, 0.2) is 23.1 Å². The van der Waals surface area contributed by atoms with Crippen LogP contribution in [0.15, 0.2) is 38.0 Å². The highest BCUT2D eigenvalue weighted by Gasteiger charge is 2.26. The van der Waals surface area contributed by atoms with Crippen molar-refractivity contribution in [3.63, 3.8) is 0 Å². The predicted molar refractivity (Wildman–Crippen MR) is 113 cm³/mol. The fourth-order valence-electron chi connectivity index (χ4n) is 3.30. The van der Waals surface area contributed by atoms with E-state index >= 15 is 0 Å². The van der Waals surface area contributed by atoms with Crippen molar-refractivity contribution in [2.45, 2.75) is 39.0 Å². The number of benzene rings is 1. The van der Waals surface area contributed by atoms with Crippen LogP contribution < -0.4 is 15.5 Å². The van der Waals surface area contributed by atoms with Gasteiger partial charge in [-0.3, -0.25) is 9.59 Å². The van der Waals surface area contributed by atoms with E-state index in [4.69, 9.17) is 13.7 Å². The Kier molecular flexibility index (Phi) is 7.14. The molecule has 0 saturated heterocycles. The second-order valence-electron chi connectivity index (χ2n) is 7.31. The van der Waals surface area contributed by atoms with Crippen LogP contribution in [0, 0.1) is 13.8 Å². The summed E-state index contributed by atoms with van der Waals surface area (Å²) in [7, 11) is 1.40. The van der Waals surface area contributed by atoms with Crippen molar-refractivity contribution < 1.29 is 28.7 Å². The summed E-state index contributed by atoms with van der Waals surface area (Å²) in [5.41, 5.74) is -0.0741. The standard InChI is InChI=1S/C22H25N3O7/c1-12-9-17(27)21(29)22(31-12)15(14-6-7-16(26)18(10-14)30-3)11-19(28)23-8-4-5-20-24-13(2)25-32-20/h6-7,9-10,15,26,29H,4-5,8,11H2,1-3H3,(H,23,28). The Morgan fingerprint density at radius 1 is 1.25 bits per heavy atom. The third-order valence-electron chi connectivity index (χ3n) is 4.84. The first kappa shape index (κ1) is 22.9. The second-order valence-corrected chi connectivity index (χ2v) is 7.31. The summed E-state index contributed by atoms with van der Waals surface area (Å²) in [6.07, 6.45) is 1.01. The number of aromatic nitrogens is 2. The molecule has 2 aromatic heterocycles. The molecule has 3 aromatic rings. The number of nitrogens with zero attached hydrogens (tertiary/aromatic N) is 2. The number of nitrogens with one attached hydrogen (secondary N) is 1. The van der Waals surface area contributed by atoms with E-state index in [1.807, 2.05) is 0 Å². The van der Waals surface area contributed by atoms with Crippen LogP contribution in [0.1, 0.15) is 47.6 Å². The number of hydrogen-bond donors (Lipinski definition) is 3. The van der Waals surface area contributed by atoms with Crippen LogP contribution in [-0.4, -0.2) is 39.9 Å². The average Bonchev–Trinajstić information content (AvgIpc) is 3.17. The molecule has 3 N–H and O–H groups in total. The number of aromatic hydroxyl groups is 2. The van der Waals surface area contributed by atoms with Crippen molar-refractivity contribution in [1.82, 2.24) is 15.5 Å². The number of phenols is 1. The smallest absolute Gasteiger partial charge is 0.227 e. The molecule has 1 atom stereocenters. The van der Waals surface area contributed by atoms with E-state index in [9.17, 15) is 19.8 Å². The lowest BCUT2D eigenvalue weighted by Gasteiger charge is -2.19. The summed E-state index contributed by atoms with van der Waals surface area (Å²) in [5.74, 6) is -0.223. The zero-order valence-electron chi connectivity index (χ0n) is 18.0. The minimum Gasteiger partial charge on any atom is -0.504 e. The first-order chi connectivity index (χ1) is 15.3. The molecule has 10 nitrogen and oxygen atoms in total.